The average molecular weight is 831 g/mol. The average Bonchev–Trinajstić information content (AvgIpc) is 3.10. The molecule has 4 heteroatoms. The van der Waals surface area contributed by atoms with E-state index in [1.54, 1.807) is 0 Å². The minimum absolute atomic E-state index is 0.593. The molecule has 0 bridgehead atoms. The molecule has 302 valence electrons. The lowest BCUT2D eigenvalue weighted by atomic mass is 9.88. The van der Waals surface area contributed by atoms with Gasteiger partial charge in [0, 0.05) is 22.3 Å². The molecule has 0 unspecified atom stereocenters. The molecule has 0 aliphatic heterocycles. The largest absolute Gasteiger partial charge is 0.146 e. The number of rotatable bonds is 6. The van der Waals surface area contributed by atoms with Crippen LogP contribution in [0, 0.1) is 45.9 Å². The van der Waals surface area contributed by atoms with Crippen molar-refractivity contribution in [1.82, 2.24) is 0 Å². The van der Waals surface area contributed by atoms with Gasteiger partial charge in [0.05, 0.1) is 0 Å². The molecule has 0 N–H and O–H groups in total. The van der Waals surface area contributed by atoms with Gasteiger partial charge in [-0.3, -0.25) is 0 Å². The van der Waals surface area contributed by atoms with Crippen LogP contribution in [-0.2, 0) is 0 Å². The van der Waals surface area contributed by atoms with Crippen LogP contribution in [0.4, 0.5) is 0 Å². The van der Waals surface area contributed by atoms with Gasteiger partial charge in [0.15, 0.2) is 0 Å². The van der Waals surface area contributed by atoms with Gasteiger partial charge in [-0.15, -0.1) is 22.2 Å². The highest BCUT2D eigenvalue weighted by atomic mass is 28.3. The van der Waals surface area contributed by atoms with Crippen molar-refractivity contribution >= 4 is 75.4 Å². The van der Waals surface area contributed by atoms with Gasteiger partial charge < -0.3 is 0 Å². The lowest BCUT2D eigenvalue weighted by Crippen LogP contribution is -2.43. The number of fused-ring (bicyclic) bond motifs is 4. The van der Waals surface area contributed by atoms with E-state index in [9.17, 15) is 0 Å². The molecule has 0 aromatic heterocycles. The topological polar surface area (TPSA) is 0 Å². The lowest BCUT2D eigenvalue weighted by Gasteiger charge is -2.38. The van der Waals surface area contributed by atoms with E-state index in [0.29, 0.717) is 33.2 Å². The summed E-state index contributed by atoms with van der Waals surface area (Å²) in [5.74, 6) is 15.1. The normalized spacial score (nSPS) is 12.7. The minimum Gasteiger partial charge on any atom is -0.127 e. The van der Waals surface area contributed by atoms with Crippen molar-refractivity contribution in [1.29, 1.82) is 0 Å². The van der Waals surface area contributed by atoms with E-state index in [1.165, 1.54) is 43.1 Å². The molecule has 0 heterocycles. The quantitative estimate of drug-likeness (QED) is 0.0908. The Balaban J connectivity index is 1.89. The summed E-state index contributed by atoms with van der Waals surface area (Å²) >= 11 is 0. The lowest BCUT2D eigenvalue weighted by molar-refractivity contribution is 0.838. The Labute approximate surface area is 357 Å². The molecule has 0 saturated carbocycles. The third-order valence-corrected chi connectivity index (χ3v) is 27.1. The fourth-order valence-corrected chi connectivity index (χ4v) is 21.3. The van der Waals surface area contributed by atoms with Gasteiger partial charge >= 0.3 is 0 Å². The first kappa shape index (κ1) is 45.3. The molecule has 0 radical (unpaired) electrons. The van der Waals surface area contributed by atoms with Crippen LogP contribution in [-0.4, -0.2) is 32.3 Å². The predicted octanol–water partition coefficient (Wildman–Crippen LogP) is 15.9. The van der Waals surface area contributed by atoms with E-state index < -0.39 is 32.3 Å². The van der Waals surface area contributed by atoms with Crippen molar-refractivity contribution in [2.45, 2.75) is 156 Å². The molecule has 58 heavy (non-hydrogen) atoms. The minimum atomic E-state index is -1.87. The molecular formula is C54H70Si4. The smallest absolute Gasteiger partial charge is 0.127 e. The fourth-order valence-electron chi connectivity index (χ4n) is 9.86. The van der Waals surface area contributed by atoms with E-state index in [4.69, 9.17) is 0 Å². The van der Waals surface area contributed by atoms with E-state index in [0.717, 1.165) is 22.3 Å². The van der Waals surface area contributed by atoms with E-state index >= 15 is 0 Å². The molecule has 0 atom stereocenters. The standard InChI is InChI=1S/C54H70Si4/c1-37(2)57(38(3)4,39(5)6)29-23-43-19-21-45-33-51-49(25-27-55(13,14)15)52-34-46-22-20-44(24-30-58(40(7)8,41(9)10)42(11)12)32-48(46)36-54(52)50(26-28-56(16,17)18)53(51)35-47(45)31-43/h19-22,31-42H,1-18H3. The van der Waals surface area contributed by atoms with Crippen molar-refractivity contribution in [3.05, 3.63) is 82.9 Å². The number of benzene rings is 5. The van der Waals surface area contributed by atoms with Crippen LogP contribution in [0.2, 0.25) is 72.5 Å². The number of hydrogen-bond donors (Lipinski definition) is 0. The second-order valence-electron chi connectivity index (χ2n) is 21.0. The summed E-state index contributed by atoms with van der Waals surface area (Å²) in [6, 6.07) is 23.2. The van der Waals surface area contributed by atoms with Gasteiger partial charge in [-0.1, -0.05) is 158 Å². The molecule has 0 aliphatic rings. The van der Waals surface area contributed by atoms with Gasteiger partial charge in [0.2, 0.25) is 0 Å². The summed E-state index contributed by atoms with van der Waals surface area (Å²) in [6.45, 7) is 42.7. The maximum absolute atomic E-state index is 3.97. The summed E-state index contributed by atoms with van der Waals surface area (Å²) in [5, 5.41) is 9.58. The molecule has 5 aromatic carbocycles. The molecule has 0 spiro atoms. The fraction of sp³-hybridized carbons (Fsp3) is 0.444. The molecular weight excluding hydrogens is 761 g/mol. The van der Waals surface area contributed by atoms with Crippen molar-refractivity contribution in [3.8, 4) is 45.9 Å². The van der Waals surface area contributed by atoms with Crippen LogP contribution in [0.3, 0.4) is 0 Å². The monoisotopic (exact) mass is 830 g/mol. The molecule has 5 rings (SSSR count). The van der Waals surface area contributed by atoms with E-state index in [2.05, 4.69) is 229 Å². The van der Waals surface area contributed by atoms with Crippen LogP contribution in [0.25, 0.3) is 43.1 Å². The first-order valence-corrected chi connectivity index (χ1v) is 33.4. The Morgan fingerprint density at radius 1 is 0.328 bits per heavy atom. The zero-order chi connectivity index (χ0) is 43.1. The van der Waals surface area contributed by atoms with Gasteiger partial charge in [-0.25, -0.2) is 0 Å². The van der Waals surface area contributed by atoms with Gasteiger partial charge in [-0.05, 0) is 125 Å². The predicted molar refractivity (Wildman–Crippen MR) is 273 cm³/mol. The van der Waals surface area contributed by atoms with Crippen LogP contribution < -0.4 is 0 Å². The van der Waals surface area contributed by atoms with Crippen LogP contribution >= 0.6 is 0 Å². The van der Waals surface area contributed by atoms with Gasteiger partial charge in [0.25, 0.3) is 0 Å². The van der Waals surface area contributed by atoms with Crippen molar-refractivity contribution < 1.29 is 0 Å². The number of hydrogen-bond acceptors (Lipinski definition) is 0. The molecule has 0 aliphatic carbocycles. The van der Waals surface area contributed by atoms with Gasteiger partial charge in [-0.2, -0.15) is 0 Å². The highest BCUT2D eigenvalue weighted by Gasteiger charge is 2.42. The maximum Gasteiger partial charge on any atom is 0.146 e. The summed E-state index contributed by atoms with van der Waals surface area (Å²) in [5.41, 5.74) is 23.4. The van der Waals surface area contributed by atoms with E-state index in [1.807, 2.05) is 0 Å². The zero-order valence-electron chi connectivity index (χ0n) is 39.2. The summed E-state index contributed by atoms with van der Waals surface area (Å²) in [6.07, 6.45) is 0. The zero-order valence-corrected chi connectivity index (χ0v) is 43.2. The Kier molecular flexibility index (Phi) is 13.4. The molecule has 0 saturated heterocycles. The second kappa shape index (κ2) is 17.1. The van der Waals surface area contributed by atoms with Gasteiger partial charge in [0.1, 0.15) is 32.3 Å². The summed E-state index contributed by atoms with van der Waals surface area (Å²) in [4.78, 5) is 0. The maximum atomic E-state index is 3.97. The Bertz CT molecular complexity index is 2430. The third-order valence-electron chi connectivity index (χ3n) is 12.7. The van der Waals surface area contributed by atoms with Crippen molar-refractivity contribution in [2.75, 3.05) is 0 Å². The first-order chi connectivity index (χ1) is 26.9. The Morgan fingerprint density at radius 3 is 0.862 bits per heavy atom. The molecule has 0 fully saturated rings. The van der Waals surface area contributed by atoms with Crippen LogP contribution in [0.1, 0.15) is 105 Å². The first-order valence-electron chi connectivity index (χ1n) is 21.9. The van der Waals surface area contributed by atoms with E-state index in [-0.39, 0.29) is 0 Å². The highest BCUT2D eigenvalue weighted by Crippen LogP contribution is 2.43. The van der Waals surface area contributed by atoms with Crippen LogP contribution in [0.5, 0.6) is 0 Å². The molecule has 0 nitrogen and oxygen atoms in total. The summed E-state index contributed by atoms with van der Waals surface area (Å²) < 4.78 is 0. The Hall–Kier alpha value is -3.75. The third kappa shape index (κ3) is 9.18. The Morgan fingerprint density at radius 2 is 0.603 bits per heavy atom. The second-order valence-corrected chi connectivity index (χ2v) is 41.6. The van der Waals surface area contributed by atoms with Crippen LogP contribution in [0.15, 0.2) is 60.7 Å². The van der Waals surface area contributed by atoms with Crippen molar-refractivity contribution in [2.24, 2.45) is 0 Å². The molecule has 0 amide bonds. The SMILES string of the molecule is CC(C)[Si](C#Cc1ccc2cc3c(C#C[Si](C)(C)C)c4cc5ccc(C#C[Si](C(C)C)(C(C)C)C(C)C)cc5cc4c(C#C[Si](C)(C)C)c3cc2c1)(C(C)C)C(C)C. The summed E-state index contributed by atoms with van der Waals surface area (Å²) in [7, 11) is -7.16. The molecule has 5 aromatic rings. The highest BCUT2D eigenvalue weighted by molar-refractivity contribution is 6.91. The van der Waals surface area contributed by atoms with Crippen molar-refractivity contribution in [3.63, 3.8) is 0 Å².